The van der Waals surface area contributed by atoms with Gasteiger partial charge in [-0.05, 0) is 44.7 Å². The van der Waals surface area contributed by atoms with Crippen LogP contribution < -0.4 is 15.5 Å². The van der Waals surface area contributed by atoms with Crippen LogP contribution in [0.4, 0.5) is 5.69 Å². The van der Waals surface area contributed by atoms with Gasteiger partial charge in [-0.3, -0.25) is 4.99 Å². The monoisotopic (exact) mass is 369 g/mol. The first-order valence-electron chi connectivity index (χ1n) is 10.1. The van der Waals surface area contributed by atoms with Crippen molar-refractivity contribution in [2.24, 2.45) is 4.99 Å². The number of rotatable bonds is 5. The summed E-state index contributed by atoms with van der Waals surface area (Å²) in [5.41, 5.74) is 1.10. The Balaban J connectivity index is 1.64. The number of para-hydroxylation sites is 1. The summed E-state index contributed by atoms with van der Waals surface area (Å²) in [4.78, 5) is 6.95. The van der Waals surface area contributed by atoms with Gasteiger partial charge in [0.05, 0.1) is 23.4 Å². The zero-order chi connectivity index (χ0) is 19.1. The summed E-state index contributed by atoms with van der Waals surface area (Å²) in [6, 6.07) is 10.4. The molecule has 27 heavy (non-hydrogen) atoms. The quantitative estimate of drug-likeness (QED) is 0.548. The molecule has 6 heteroatoms. The van der Waals surface area contributed by atoms with Crippen LogP contribution in [0.1, 0.15) is 51.0 Å². The number of nitrogens with zero attached hydrogens (tertiary/aromatic N) is 3. The summed E-state index contributed by atoms with van der Waals surface area (Å²) < 4.78 is 0. The van der Waals surface area contributed by atoms with E-state index in [9.17, 15) is 10.4 Å². The molecule has 1 unspecified atom stereocenters. The maximum Gasteiger partial charge on any atom is 0.191 e. The van der Waals surface area contributed by atoms with Crippen molar-refractivity contribution in [1.29, 1.82) is 5.26 Å². The van der Waals surface area contributed by atoms with Crippen LogP contribution in [0, 0.1) is 11.3 Å². The lowest BCUT2D eigenvalue weighted by molar-refractivity contribution is 0.0574. The van der Waals surface area contributed by atoms with E-state index in [1.54, 1.807) is 0 Å². The van der Waals surface area contributed by atoms with Crippen LogP contribution in [0.25, 0.3) is 0 Å². The molecule has 3 rings (SSSR count). The predicted molar refractivity (Wildman–Crippen MR) is 109 cm³/mol. The van der Waals surface area contributed by atoms with E-state index in [1.165, 1.54) is 0 Å². The van der Waals surface area contributed by atoms with Gasteiger partial charge >= 0.3 is 0 Å². The van der Waals surface area contributed by atoms with Crippen LogP contribution in [-0.2, 0) is 0 Å². The molecule has 0 bridgehead atoms. The summed E-state index contributed by atoms with van der Waals surface area (Å²) in [6.45, 7) is 5.10. The Bertz CT molecular complexity index is 690. The van der Waals surface area contributed by atoms with Gasteiger partial charge in [0, 0.05) is 25.7 Å². The van der Waals surface area contributed by atoms with Crippen LogP contribution in [0.3, 0.4) is 0 Å². The third-order valence-corrected chi connectivity index (χ3v) is 5.54. The minimum atomic E-state index is -0.632. The first-order chi connectivity index (χ1) is 13.1. The Morgan fingerprint density at radius 3 is 2.85 bits per heavy atom. The summed E-state index contributed by atoms with van der Waals surface area (Å²) in [7, 11) is 0. The molecule has 146 valence electrons. The molecule has 0 aromatic heterocycles. The molecule has 1 saturated heterocycles. The highest BCUT2D eigenvalue weighted by Crippen LogP contribution is 2.29. The lowest BCUT2D eigenvalue weighted by Crippen LogP contribution is -2.51. The molecule has 2 aliphatic rings. The molecule has 1 heterocycles. The fourth-order valence-electron chi connectivity index (χ4n) is 4.09. The lowest BCUT2D eigenvalue weighted by atomic mass is 10.0. The van der Waals surface area contributed by atoms with Crippen LogP contribution >= 0.6 is 0 Å². The fourth-order valence-corrected chi connectivity index (χ4v) is 4.09. The van der Waals surface area contributed by atoms with Crippen LogP contribution in [0.2, 0.25) is 0 Å². The summed E-state index contributed by atoms with van der Waals surface area (Å²) in [5, 5.41) is 26.8. The predicted octanol–water partition coefficient (Wildman–Crippen LogP) is 2.39. The first-order valence-corrected chi connectivity index (χ1v) is 10.1. The summed E-state index contributed by atoms with van der Waals surface area (Å²) >= 11 is 0. The third kappa shape index (κ3) is 5.14. The van der Waals surface area contributed by atoms with E-state index in [4.69, 9.17) is 0 Å². The number of nitriles is 1. The molecule has 1 aliphatic heterocycles. The maximum absolute atomic E-state index is 10.6. The van der Waals surface area contributed by atoms with Crippen LogP contribution in [0.5, 0.6) is 0 Å². The van der Waals surface area contributed by atoms with Gasteiger partial charge in [0.25, 0.3) is 0 Å². The number of hydrogen-bond acceptors (Lipinski definition) is 4. The van der Waals surface area contributed by atoms with Gasteiger partial charge in [0.2, 0.25) is 0 Å². The molecule has 1 atom stereocenters. The number of benzene rings is 1. The Morgan fingerprint density at radius 2 is 2.11 bits per heavy atom. The minimum absolute atomic E-state index is 0.265. The molecule has 1 aliphatic carbocycles. The molecule has 0 spiro atoms. The average molecular weight is 370 g/mol. The Morgan fingerprint density at radius 1 is 1.33 bits per heavy atom. The Labute approximate surface area is 162 Å². The summed E-state index contributed by atoms with van der Waals surface area (Å²) in [6.07, 6.45) is 6.01. The smallest absolute Gasteiger partial charge is 0.191 e. The lowest BCUT2D eigenvalue weighted by Gasteiger charge is -2.36. The zero-order valence-electron chi connectivity index (χ0n) is 16.2. The second kappa shape index (κ2) is 9.09. The standard InChI is InChI=1S/C21H31N5O/c1-2-23-20(24-16-21(27)11-5-6-12-21)25-18-9-7-13-26(15-18)19-10-4-3-8-17(19)14-22/h3-4,8,10,18,27H,2,5-7,9,11-13,15-16H2,1H3,(H2,23,24,25). The number of piperidine rings is 1. The van der Waals surface area contributed by atoms with E-state index in [0.717, 1.165) is 75.4 Å². The van der Waals surface area contributed by atoms with Crippen LogP contribution in [-0.4, -0.2) is 48.9 Å². The van der Waals surface area contributed by atoms with E-state index >= 15 is 0 Å². The van der Waals surface area contributed by atoms with Crippen molar-refractivity contribution in [2.75, 3.05) is 31.1 Å². The zero-order valence-corrected chi connectivity index (χ0v) is 16.2. The van der Waals surface area contributed by atoms with E-state index < -0.39 is 5.60 Å². The normalized spacial score (nSPS) is 22.3. The number of nitrogens with one attached hydrogen (secondary N) is 2. The van der Waals surface area contributed by atoms with E-state index in [-0.39, 0.29) is 6.04 Å². The van der Waals surface area contributed by atoms with Crippen LogP contribution in [0.15, 0.2) is 29.3 Å². The third-order valence-electron chi connectivity index (χ3n) is 5.54. The molecule has 3 N–H and O–H groups in total. The summed E-state index contributed by atoms with van der Waals surface area (Å²) in [5.74, 6) is 0.776. The Kier molecular flexibility index (Phi) is 6.57. The van der Waals surface area contributed by atoms with Crippen molar-refractivity contribution >= 4 is 11.6 Å². The molecule has 0 radical (unpaired) electrons. The second-order valence-electron chi connectivity index (χ2n) is 7.69. The number of aliphatic imine (C=N–C) groups is 1. The molecule has 1 saturated carbocycles. The number of anilines is 1. The highest BCUT2D eigenvalue weighted by molar-refractivity contribution is 5.80. The van der Waals surface area contributed by atoms with Gasteiger partial charge in [-0.15, -0.1) is 0 Å². The molecule has 1 aromatic rings. The van der Waals surface area contributed by atoms with Gasteiger partial charge in [-0.25, -0.2) is 0 Å². The Hall–Kier alpha value is -2.26. The van der Waals surface area contributed by atoms with Gasteiger partial charge in [0.15, 0.2) is 5.96 Å². The molecular formula is C21H31N5O. The largest absolute Gasteiger partial charge is 0.388 e. The molecular weight excluding hydrogens is 338 g/mol. The molecule has 6 nitrogen and oxygen atoms in total. The van der Waals surface area contributed by atoms with Gasteiger partial charge in [-0.2, -0.15) is 5.26 Å². The first kappa shape index (κ1) is 19.5. The average Bonchev–Trinajstić information content (AvgIpc) is 3.13. The van der Waals surface area contributed by atoms with Crippen molar-refractivity contribution < 1.29 is 5.11 Å². The SMILES string of the molecule is CCNC(=NCC1(O)CCCC1)NC1CCCN(c2ccccc2C#N)C1. The fraction of sp³-hybridized carbons (Fsp3) is 0.619. The van der Waals surface area contributed by atoms with E-state index in [0.29, 0.717) is 6.54 Å². The maximum atomic E-state index is 10.6. The molecule has 0 amide bonds. The number of guanidine groups is 1. The van der Waals surface area contributed by atoms with Crippen molar-refractivity contribution in [3.05, 3.63) is 29.8 Å². The van der Waals surface area contributed by atoms with Crippen molar-refractivity contribution in [3.8, 4) is 6.07 Å². The number of hydrogen-bond donors (Lipinski definition) is 3. The van der Waals surface area contributed by atoms with Gasteiger partial charge in [-0.1, -0.05) is 25.0 Å². The van der Waals surface area contributed by atoms with Gasteiger partial charge < -0.3 is 20.6 Å². The highest BCUT2D eigenvalue weighted by Gasteiger charge is 2.31. The topological polar surface area (TPSA) is 83.7 Å². The van der Waals surface area contributed by atoms with E-state index in [2.05, 4.69) is 33.5 Å². The van der Waals surface area contributed by atoms with Crippen molar-refractivity contribution in [1.82, 2.24) is 10.6 Å². The second-order valence-corrected chi connectivity index (χ2v) is 7.69. The van der Waals surface area contributed by atoms with E-state index in [1.807, 2.05) is 24.3 Å². The molecule has 2 fully saturated rings. The number of aliphatic hydroxyl groups is 1. The van der Waals surface area contributed by atoms with Crippen molar-refractivity contribution in [3.63, 3.8) is 0 Å². The van der Waals surface area contributed by atoms with Crippen molar-refractivity contribution in [2.45, 2.75) is 57.1 Å². The van der Waals surface area contributed by atoms with Gasteiger partial charge in [0.1, 0.15) is 6.07 Å². The molecule has 1 aromatic carbocycles. The highest BCUT2D eigenvalue weighted by atomic mass is 16.3. The minimum Gasteiger partial charge on any atom is -0.388 e.